The summed E-state index contributed by atoms with van der Waals surface area (Å²) in [6, 6.07) is 8.50. The van der Waals surface area contributed by atoms with Gasteiger partial charge >= 0.3 is 5.97 Å². The van der Waals surface area contributed by atoms with Crippen molar-refractivity contribution in [3.8, 4) is 0 Å². The molecule has 3 rings (SSSR count). The average molecular weight is 377 g/mol. The van der Waals surface area contributed by atoms with Crippen molar-refractivity contribution >= 4 is 27.4 Å². The first-order chi connectivity index (χ1) is 12.4. The maximum atomic E-state index is 12.7. The van der Waals surface area contributed by atoms with Crippen molar-refractivity contribution in [3.63, 3.8) is 0 Å². The molecule has 0 aromatic heterocycles. The van der Waals surface area contributed by atoms with Gasteiger partial charge in [-0.25, -0.2) is 8.42 Å². The van der Waals surface area contributed by atoms with Crippen LogP contribution in [0.1, 0.15) is 25.7 Å². The number of allylic oxidation sites excluding steroid dienone is 2. The molecule has 1 amide bonds. The molecule has 1 heterocycles. The summed E-state index contributed by atoms with van der Waals surface area (Å²) < 4.78 is 28.8. The van der Waals surface area contributed by atoms with E-state index in [0.717, 1.165) is 12.8 Å². The number of nitrogens with zero attached hydrogens (tertiary/aromatic N) is 1. The lowest BCUT2D eigenvalue weighted by Crippen LogP contribution is -2.43. The monoisotopic (exact) mass is 377 g/mol. The summed E-state index contributed by atoms with van der Waals surface area (Å²) in [4.78, 5) is 26.2. The number of benzene rings is 1. The molecule has 0 N–H and O–H groups in total. The van der Waals surface area contributed by atoms with Gasteiger partial charge in [0.15, 0.2) is 16.4 Å². The molecule has 140 valence electrons. The van der Waals surface area contributed by atoms with Gasteiger partial charge in [-0.05, 0) is 37.3 Å². The first-order valence-electron chi connectivity index (χ1n) is 8.84. The van der Waals surface area contributed by atoms with Gasteiger partial charge in [0.2, 0.25) is 0 Å². The molecule has 2 atom stereocenters. The first-order valence-corrected chi connectivity index (χ1v) is 10.7. The van der Waals surface area contributed by atoms with Crippen molar-refractivity contribution < 1.29 is 22.7 Å². The summed E-state index contributed by atoms with van der Waals surface area (Å²) in [6.45, 7) is -0.374. The second kappa shape index (κ2) is 8.03. The molecule has 1 aromatic rings. The lowest BCUT2D eigenvalue weighted by atomic mass is 10.1. The van der Waals surface area contributed by atoms with E-state index in [1.807, 2.05) is 18.2 Å². The minimum absolute atomic E-state index is 0.0611. The van der Waals surface area contributed by atoms with Crippen LogP contribution in [0.3, 0.4) is 0 Å². The predicted molar refractivity (Wildman–Crippen MR) is 98.4 cm³/mol. The summed E-state index contributed by atoms with van der Waals surface area (Å²) >= 11 is 0. The van der Waals surface area contributed by atoms with Crippen molar-refractivity contribution in [1.82, 2.24) is 0 Å². The summed E-state index contributed by atoms with van der Waals surface area (Å²) in [7, 11) is -3.14. The summed E-state index contributed by atoms with van der Waals surface area (Å²) in [5.41, 5.74) is 0.620. The van der Waals surface area contributed by atoms with E-state index >= 15 is 0 Å². The Hall–Kier alpha value is -2.15. The van der Waals surface area contributed by atoms with Gasteiger partial charge in [-0.1, -0.05) is 30.4 Å². The van der Waals surface area contributed by atoms with Gasteiger partial charge in [0.1, 0.15) is 0 Å². The highest BCUT2D eigenvalue weighted by atomic mass is 32.2. The molecule has 1 aliphatic carbocycles. The van der Waals surface area contributed by atoms with Crippen LogP contribution in [0.15, 0.2) is 42.5 Å². The summed E-state index contributed by atoms with van der Waals surface area (Å²) in [5.74, 6) is -0.602. The lowest BCUT2D eigenvalue weighted by molar-refractivity contribution is -0.148. The maximum Gasteiger partial charge on any atom is 0.306 e. The number of carbonyl (C=O) groups is 2. The minimum atomic E-state index is -3.14. The fourth-order valence-electron chi connectivity index (χ4n) is 3.48. The van der Waals surface area contributed by atoms with E-state index in [4.69, 9.17) is 4.74 Å². The molecule has 0 unspecified atom stereocenters. The Labute approximate surface area is 153 Å². The molecule has 0 saturated carbocycles. The van der Waals surface area contributed by atoms with Crippen LogP contribution in [0.4, 0.5) is 5.69 Å². The van der Waals surface area contributed by atoms with Crippen molar-refractivity contribution in [2.75, 3.05) is 23.0 Å². The molecule has 2 aliphatic rings. The lowest BCUT2D eigenvalue weighted by Gasteiger charge is -2.28. The van der Waals surface area contributed by atoms with Crippen molar-refractivity contribution in [2.24, 2.45) is 5.92 Å². The fourth-order valence-corrected chi connectivity index (χ4v) is 5.18. The third-order valence-electron chi connectivity index (χ3n) is 4.77. The van der Waals surface area contributed by atoms with E-state index in [1.54, 1.807) is 24.3 Å². The largest absolute Gasteiger partial charge is 0.456 e. The zero-order valence-electron chi connectivity index (χ0n) is 14.5. The van der Waals surface area contributed by atoms with Gasteiger partial charge in [0, 0.05) is 5.69 Å². The quantitative estimate of drug-likeness (QED) is 0.560. The molecule has 0 spiro atoms. The minimum Gasteiger partial charge on any atom is -0.456 e. The summed E-state index contributed by atoms with van der Waals surface area (Å²) in [5, 5.41) is 0. The maximum absolute atomic E-state index is 12.7. The molecule has 0 radical (unpaired) electrons. The number of sulfone groups is 1. The smallest absolute Gasteiger partial charge is 0.306 e. The number of para-hydroxylation sites is 1. The van der Waals surface area contributed by atoms with Crippen LogP contribution in [0.2, 0.25) is 0 Å². The molecule has 0 bridgehead atoms. The van der Waals surface area contributed by atoms with Crippen molar-refractivity contribution in [3.05, 3.63) is 42.5 Å². The van der Waals surface area contributed by atoms with Crippen LogP contribution >= 0.6 is 0 Å². The first kappa shape index (κ1) is 18.6. The van der Waals surface area contributed by atoms with E-state index in [-0.39, 0.29) is 30.5 Å². The highest BCUT2D eigenvalue weighted by molar-refractivity contribution is 7.91. The second-order valence-electron chi connectivity index (χ2n) is 6.79. The molecular formula is C19H23NO5S. The van der Waals surface area contributed by atoms with Gasteiger partial charge < -0.3 is 9.64 Å². The normalized spacial score (nSPS) is 23.7. The Balaban J connectivity index is 1.65. The van der Waals surface area contributed by atoms with E-state index in [2.05, 4.69) is 0 Å². The third kappa shape index (κ3) is 4.72. The Morgan fingerprint density at radius 1 is 1.15 bits per heavy atom. The van der Waals surface area contributed by atoms with Gasteiger partial charge in [0.05, 0.1) is 24.0 Å². The highest BCUT2D eigenvalue weighted by Crippen LogP contribution is 2.25. The van der Waals surface area contributed by atoms with E-state index < -0.39 is 27.8 Å². The van der Waals surface area contributed by atoms with Crippen LogP contribution < -0.4 is 4.90 Å². The third-order valence-corrected chi connectivity index (χ3v) is 6.52. The van der Waals surface area contributed by atoms with Crippen molar-refractivity contribution in [2.45, 2.75) is 31.7 Å². The number of rotatable bonds is 6. The van der Waals surface area contributed by atoms with E-state index in [9.17, 15) is 18.0 Å². The predicted octanol–water partition coefficient (Wildman–Crippen LogP) is 2.11. The Bertz CT molecular complexity index is 787. The van der Waals surface area contributed by atoms with Crippen LogP contribution in [0.25, 0.3) is 0 Å². The molecule has 1 fully saturated rings. The zero-order valence-corrected chi connectivity index (χ0v) is 15.4. The van der Waals surface area contributed by atoms with Crippen LogP contribution in [0, 0.1) is 5.92 Å². The molecule has 26 heavy (non-hydrogen) atoms. The zero-order chi connectivity index (χ0) is 18.6. The fraction of sp³-hybridized carbons (Fsp3) is 0.474. The van der Waals surface area contributed by atoms with Crippen LogP contribution in [-0.4, -0.2) is 44.4 Å². The molecule has 1 aliphatic heterocycles. The summed E-state index contributed by atoms with van der Waals surface area (Å²) in [6.07, 6.45) is 6.61. The standard InChI is InChI=1S/C19H23NO5S/c21-18(13-25-19(22)12-15-6-4-5-7-15)20(16-8-2-1-3-9-16)17-10-11-26(23,24)14-17/h1-4,6,8-9,15,17H,5,7,10-14H2/t15-,17-/m1/s1. The van der Waals surface area contributed by atoms with E-state index in [1.165, 1.54) is 4.90 Å². The van der Waals surface area contributed by atoms with Gasteiger partial charge in [0.25, 0.3) is 5.91 Å². The van der Waals surface area contributed by atoms with Gasteiger partial charge in [-0.3, -0.25) is 9.59 Å². The molecule has 1 aromatic carbocycles. The topological polar surface area (TPSA) is 80.8 Å². The van der Waals surface area contributed by atoms with Crippen LogP contribution in [-0.2, 0) is 24.2 Å². The molecule has 6 nitrogen and oxygen atoms in total. The molecule has 1 saturated heterocycles. The molecule has 7 heteroatoms. The Morgan fingerprint density at radius 2 is 1.92 bits per heavy atom. The van der Waals surface area contributed by atoms with Crippen molar-refractivity contribution in [1.29, 1.82) is 0 Å². The number of carbonyl (C=O) groups excluding carboxylic acids is 2. The molecular weight excluding hydrogens is 354 g/mol. The van der Waals surface area contributed by atoms with Gasteiger partial charge in [-0.15, -0.1) is 0 Å². The van der Waals surface area contributed by atoms with Gasteiger partial charge in [-0.2, -0.15) is 0 Å². The number of hydrogen-bond donors (Lipinski definition) is 0. The SMILES string of the molecule is O=C(C[C@@H]1C=CCC1)OCC(=O)N(c1ccccc1)[C@@H]1CCS(=O)(=O)C1. The number of ether oxygens (including phenoxy) is 1. The average Bonchev–Trinajstić information content (AvgIpc) is 3.24. The Kier molecular flexibility index (Phi) is 5.76. The van der Waals surface area contributed by atoms with Crippen LogP contribution in [0.5, 0.6) is 0 Å². The van der Waals surface area contributed by atoms with E-state index in [0.29, 0.717) is 12.1 Å². The number of esters is 1. The highest BCUT2D eigenvalue weighted by Gasteiger charge is 2.35. The Morgan fingerprint density at radius 3 is 2.54 bits per heavy atom. The number of amides is 1. The number of anilines is 1. The second-order valence-corrected chi connectivity index (χ2v) is 9.02. The number of hydrogen-bond acceptors (Lipinski definition) is 5.